The van der Waals surface area contributed by atoms with Gasteiger partial charge in [-0.05, 0) is 148 Å². The molecule has 0 aromatic rings. The zero-order valence-electron chi connectivity index (χ0n) is 24.0. The third-order valence-corrected chi connectivity index (χ3v) is 13.3. The molecule has 0 heterocycles. The van der Waals surface area contributed by atoms with Crippen LogP contribution in [-0.4, -0.2) is 19.1 Å². The zero-order chi connectivity index (χ0) is 24.6. The molecule has 5 saturated carbocycles. The van der Waals surface area contributed by atoms with Crippen LogP contribution in [-0.2, 0) is 0 Å². The Labute approximate surface area is 218 Å². The van der Waals surface area contributed by atoms with E-state index in [1.54, 1.807) is 12.8 Å². The molecule has 3 N–H and O–H groups in total. The molecule has 0 radical (unpaired) electrons. The maximum Gasteiger partial charge on any atom is 0.00672 e. The second-order valence-corrected chi connectivity index (χ2v) is 15.5. The Morgan fingerprint density at radius 1 is 0.657 bits per heavy atom. The molecule has 5 rings (SSSR count). The summed E-state index contributed by atoms with van der Waals surface area (Å²) < 4.78 is 0. The topological polar surface area (TPSA) is 38.0 Å². The fraction of sp³-hybridized carbons (Fsp3) is 1.00. The molecule has 0 aromatic carbocycles. The predicted octanol–water partition coefficient (Wildman–Crippen LogP) is 8.19. The van der Waals surface area contributed by atoms with Crippen LogP contribution < -0.4 is 11.1 Å². The smallest absolute Gasteiger partial charge is 0.00672 e. The van der Waals surface area contributed by atoms with E-state index in [2.05, 4.69) is 33.0 Å². The zero-order valence-corrected chi connectivity index (χ0v) is 24.0. The number of fused-ring (bicyclic) bond motifs is 4. The van der Waals surface area contributed by atoms with Crippen molar-refractivity contribution in [1.29, 1.82) is 0 Å². The summed E-state index contributed by atoms with van der Waals surface area (Å²) in [6, 6.07) is 0.758. The van der Waals surface area contributed by atoms with Crippen molar-refractivity contribution in [3.8, 4) is 0 Å². The minimum atomic E-state index is 0.599. The summed E-state index contributed by atoms with van der Waals surface area (Å²) in [6.45, 7) is 12.6. The molecule has 0 saturated heterocycles. The lowest BCUT2D eigenvalue weighted by atomic mass is 9.66. The first-order valence-corrected chi connectivity index (χ1v) is 16.2. The van der Waals surface area contributed by atoms with Crippen LogP contribution in [0.4, 0.5) is 0 Å². The normalized spacial score (nSPS) is 42.1. The number of rotatable bonds is 12. The van der Waals surface area contributed by atoms with Crippen molar-refractivity contribution >= 4 is 0 Å². The van der Waals surface area contributed by atoms with E-state index in [0.29, 0.717) is 10.8 Å². The van der Waals surface area contributed by atoms with E-state index in [1.807, 2.05) is 0 Å². The Morgan fingerprint density at radius 3 is 1.57 bits per heavy atom. The Kier molecular flexibility index (Phi) is 8.30. The minimum absolute atomic E-state index is 0.599. The monoisotopic (exact) mass is 484 g/mol. The van der Waals surface area contributed by atoms with Gasteiger partial charge in [-0.1, -0.05) is 53.4 Å². The van der Waals surface area contributed by atoms with Gasteiger partial charge in [0, 0.05) is 6.04 Å². The molecule has 2 heteroatoms. The summed E-state index contributed by atoms with van der Waals surface area (Å²) in [5.74, 6) is 8.00. The average molecular weight is 485 g/mol. The Bertz CT molecular complexity index is 633. The van der Waals surface area contributed by atoms with Gasteiger partial charge >= 0.3 is 0 Å². The van der Waals surface area contributed by atoms with Crippen LogP contribution in [0.15, 0.2) is 0 Å². The van der Waals surface area contributed by atoms with Gasteiger partial charge in [0.25, 0.3) is 0 Å². The first-order chi connectivity index (χ1) is 16.8. The lowest BCUT2D eigenvalue weighted by molar-refractivity contribution is 0.0993. The summed E-state index contributed by atoms with van der Waals surface area (Å²) in [4.78, 5) is 0. The molecule has 0 aliphatic heterocycles. The second-order valence-electron chi connectivity index (χ2n) is 15.5. The highest BCUT2D eigenvalue weighted by atomic mass is 14.9. The maximum absolute atomic E-state index is 5.82. The fourth-order valence-corrected chi connectivity index (χ4v) is 10.8. The number of nitrogens with two attached hydrogens (primary N) is 1. The van der Waals surface area contributed by atoms with E-state index in [1.165, 1.54) is 96.4 Å². The van der Waals surface area contributed by atoms with Gasteiger partial charge in [0.1, 0.15) is 0 Å². The molecule has 0 amide bonds. The minimum Gasteiger partial charge on any atom is -0.330 e. The molecule has 4 bridgehead atoms. The molecule has 2 nitrogen and oxygen atoms in total. The molecule has 5 aliphatic rings. The van der Waals surface area contributed by atoms with Crippen LogP contribution in [0.1, 0.15) is 130 Å². The highest BCUT2D eigenvalue weighted by Gasteiger charge is 2.53. The fourth-order valence-electron chi connectivity index (χ4n) is 10.8. The molecule has 5 fully saturated rings. The van der Waals surface area contributed by atoms with Gasteiger partial charge in [-0.3, -0.25) is 0 Å². The SMILES string of the molecule is CC1(C)C2CCC(C2)C1CCC(CCC1C2CCC(C2)C1(C)C)NCCC1CCC(CCN)CC1. The van der Waals surface area contributed by atoms with Gasteiger partial charge in [-0.15, -0.1) is 0 Å². The van der Waals surface area contributed by atoms with Crippen LogP contribution in [0, 0.1) is 58.2 Å². The molecule has 0 aromatic heterocycles. The van der Waals surface area contributed by atoms with Crippen molar-refractivity contribution in [2.24, 2.45) is 63.9 Å². The highest BCUT2D eigenvalue weighted by Crippen LogP contribution is 2.62. The van der Waals surface area contributed by atoms with E-state index < -0.39 is 0 Å². The summed E-state index contributed by atoms with van der Waals surface area (Å²) in [5.41, 5.74) is 7.02. The first-order valence-electron chi connectivity index (χ1n) is 16.2. The second kappa shape index (κ2) is 11.0. The average Bonchev–Trinajstić information content (AvgIpc) is 3.58. The molecule has 6 unspecified atom stereocenters. The van der Waals surface area contributed by atoms with Crippen LogP contribution in [0.3, 0.4) is 0 Å². The number of nitrogens with one attached hydrogen (secondary N) is 1. The summed E-state index contributed by atoms with van der Waals surface area (Å²) in [7, 11) is 0. The van der Waals surface area contributed by atoms with Gasteiger partial charge in [0.05, 0.1) is 0 Å². The van der Waals surface area contributed by atoms with Crippen molar-refractivity contribution in [1.82, 2.24) is 5.32 Å². The van der Waals surface area contributed by atoms with E-state index >= 15 is 0 Å². The van der Waals surface area contributed by atoms with Crippen LogP contribution >= 0.6 is 0 Å². The van der Waals surface area contributed by atoms with Crippen molar-refractivity contribution in [3.63, 3.8) is 0 Å². The molecule has 0 spiro atoms. The molecule has 202 valence electrons. The van der Waals surface area contributed by atoms with E-state index in [9.17, 15) is 0 Å². The molecular formula is C33H60N2. The summed E-state index contributed by atoms with van der Waals surface area (Å²) in [5, 5.41) is 4.17. The maximum atomic E-state index is 5.82. The molecule has 35 heavy (non-hydrogen) atoms. The molecule has 5 aliphatic carbocycles. The van der Waals surface area contributed by atoms with Gasteiger partial charge in [0.15, 0.2) is 0 Å². The van der Waals surface area contributed by atoms with Crippen molar-refractivity contribution in [3.05, 3.63) is 0 Å². The van der Waals surface area contributed by atoms with Crippen molar-refractivity contribution in [2.45, 2.75) is 136 Å². The van der Waals surface area contributed by atoms with Gasteiger partial charge in [0.2, 0.25) is 0 Å². The van der Waals surface area contributed by atoms with Crippen LogP contribution in [0.5, 0.6) is 0 Å². The lowest BCUT2D eigenvalue weighted by Gasteiger charge is -2.40. The molecule has 6 atom stereocenters. The lowest BCUT2D eigenvalue weighted by Crippen LogP contribution is -2.37. The third-order valence-electron chi connectivity index (χ3n) is 13.3. The van der Waals surface area contributed by atoms with Gasteiger partial charge in [-0.2, -0.15) is 0 Å². The van der Waals surface area contributed by atoms with Crippen molar-refractivity contribution < 1.29 is 0 Å². The Hall–Kier alpha value is -0.0800. The third kappa shape index (κ3) is 5.55. The van der Waals surface area contributed by atoms with E-state index in [4.69, 9.17) is 5.73 Å². The predicted molar refractivity (Wildman–Crippen MR) is 150 cm³/mol. The number of hydrogen-bond acceptors (Lipinski definition) is 2. The highest BCUT2D eigenvalue weighted by molar-refractivity contribution is 5.03. The van der Waals surface area contributed by atoms with Crippen LogP contribution in [0.25, 0.3) is 0 Å². The largest absolute Gasteiger partial charge is 0.330 e. The Balaban J connectivity index is 1.13. The van der Waals surface area contributed by atoms with E-state index in [-0.39, 0.29) is 0 Å². The first kappa shape index (κ1) is 26.5. The quantitative estimate of drug-likeness (QED) is 0.293. The van der Waals surface area contributed by atoms with E-state index in [0.717, 1.165) is 59.9 Å². The van der Waals surface area contributed by atoms with Gasteiger partial charge in [-0.25, -0.2) is 0 Å². The summed E-state index contributed by atoms with van der Waals surface area (Å²) in [6.07, 6.45) is 23.5. The standard InChI is InChI=1S/C33H60N2/c1-32(2)27-11-9-25(21-27)30(32)15-13-29(14-16-31-26-10-12-28(22-26)33(31,3)4)35-20-18-24-7-5-23(6-8-24)17-19-34/h23-31,35H,5-22,34H2,1-4H3. The molecular weight excluding hydrogens is 424 g/mol. The van der Waals surface area contributed by atoms with Crippen LogP contribution in [0.2, 0.25) is 0 Å². The van der Waals surface area contributed by atoms with Gasteiger partial charge < -0.3 is 11.1 Å². The Morgan fingerprint density at radius 2 is 1.14 bits per heavy atom. The number of hydrogen-bond donors (Lipinski definition) is 2. The van der Waals surface area contributed by atoms with Crippen molar-refractivity contribution in [2.75, 3.05) is 13.1 Å². The summed E-state index contributed by atoms with van der Waals surface area (Å²) >= 11 is 0.